The molecule has 310 valence electrons. The molecule has 15 heteroatoms. The first-order chi connectivity index (χ1) is 27.4. The molecule has 57 heavy (non-hydrogen) atoms. The number of nitrogens with two attached hydrogens (primary N) is 1. The molecular formula is C42H56F2N6O6S. The number of hydrogen-bond donors (Lipinski definition) is 2. The minimum atomic E-state index is -0.582. The Morgan fingerprint density at radius 3 is 2.37 bits per heavy atom. The zero-order valence-electron chi connectivity index (χ0n) is 33.2. The summed E-state index contributed by atoms with van der Waals surface area (Å²) in [5.41, 5.74) is 6.81. The van der Waals surface area contributed by atoms with E-state index in [1.54, 1.807) is 18.0 Å². The summed E-state index contributed by atoms with van der Waals surface area (Å²) in [4.78, 5) is 57.2. The SMILES string of the molecule is CC(C)(C)[C@H](c1nc(-c2cc(F)ccc2F)cn1Cc1ccccc1)N(CCCN)C(=O)CSCCCCCC(=O)NCCOCCOCCN1C(=O)C=CC1=O. The van der Waals surface area contributed by atoms with Crippen molar-refractivity contribution in [3.63, 3.8) is 0 Å². The number of unbranched alkanes of at least 4 members (excludes halogenated alkanes) is 2. The molecule has 3 aromatic rings. The van der Waals surface area contributed by atoms with Crippen LogP contribution >= 0.6 is 11.8 Å². The number of nitrogens with one attached hydrogen (secondary N) is 1. The van der Waals surface area contributed by atoms with Crippen LogP contribution in [0.25, 0.3) is 11.3 Å². The Hall–Kier alpha value is -4.44. The molecule has 0 aliphatic carbocycles. The number of rotatable bonds is 25. The van der Waals surface area contributed by atoms with Gasteiger partial charge in [0, 0.05) is 50.0 Å². The molecule has 0 unspecified atom stereocenters. The van der Waals surface area contributed by atoms with Crippen LogP contribution < -0.4 is 11.1 Å². The largest absolute Gasteiger partial charge is 0.377 e. The van der Waals surface area contributed by atoms with Gasteiger partial charge in [-0.1, -0.05) is 57.5 Å². The summed E-state index contributed by atoms with van der Waals surface area (Å²) in [5.74, 6) is -0.342. The Labute approximate surface area is 338 Å². The maximum Gasteiger partial charge on any atom is 0.253 e. The first-order valence-corrected chi connectivity index (χ1v) is 20.6. The lowest BCUT2D eigenvalue weighted by Crippen LogP contribution is -2.44. The molecule has 2 heterocycles. The average Bonchev–Trinajstić information content (AvgIpc) is 3.73. The van der Waals surface area contributed by atoms with Crippen LogP contribution in [0, 0.1) is 17.0 Å². The van der Waals surface area contributed by atoms with Gasteiger partial charge in [0.05, 0.1) is 50.5 Å². The number of thioether (sulfide) groups is 1. The van der Waals surface area contributed by atoms with Crippen molar-refractivity contribution in [2.75, 3.05) is 64.1 Å². The van der Waals surface area contributed by atoms with Crippen molar-refractivity contribution < 1.29 is 37.4 Å². The van der Waals surface area contributed by atoms with Gasteiger partial charge in [-0.2, -0.15) is 11.8 Å². The predicted molar refractivity (Wildman–Crippen MR) is 217 cm³/mol. The number of imidazole rings is 1. The normalized spacial score (nSPS) is 13.4. The Morgan fingerprint density at radius 1 is 0.947 bits per heavy atom. The van der Waals surface area contributed by atoms with Crippen molar-refractivity contribution in [1.29, 1.82) is 0 Å². The molecule has 0 bridgehead atoms. The summed E-state index contributed by atoms with van der Waals surface area (Å²) in [6.07, 6.45) is 7.60. The molecular weight excluding hydrogens is 755 g/mol. The third-order valence-corrected chi connectivity index (χ3v) is 10.3. The lowest BCUT2D eigenvalue weighted by atomic mass is 9.84. The highest BCUT2D eigenvalue weighted by Gasteiger charge is 2.38. The fourth-order valence-electron chi connectivity index (χ4n) is 6.42. The van der Waals surface area contributed by atoms with E-state index in [0.29, 0.717) is 70.4 Å². The van der Waals surface area contributed by atoms with Crippen LogP contribution in [0.15, 0.2) is 66.9 Å². The number of benzene rings is 2. The van der Waals surface area contributed by atoms with Gasteiger partial charge in [-0.05, 0) is 60.7 Å². The number of nitrogens with zero attached hydrogens (tertiary/aromatic N) is 4. The molecule has 0 fully saturated rings. The van der Waals surface area contributed by atoms with Crippen LogP contribution in [0.2, 0.25) is 0 Å². The summed E-state index contributed by atoms with van der Waals surface area (Å²) in [6.45, 7) is 9.16. The number of halogens is 2. The highest BCUT2D eigenvalue weighted by Crippen LogP contribution is 2.40. The Bertz CT molecular complexity index is 1780. The van der Waals surface area contributed by atoms with Crippen LogP contribution in [0.5, 0.6) is 0 Å². The van der Waals surface area contributed by atoms with Gasteiger partial charge in [0.1, 0.15) is 17.5 Å². The molecule has 3 N–H and O–H groups in total. The number of amides is 4. The van der Waals surface area contributed by atoms with Gasteiger partial charge in [-0.3, -0.25) is 24.1 Å². The third kappa shape index (κ3) is 14.5. The summed E-state index contributed by atoms with van der Waals surface area (Å²) < 4.78 is 42.1. The van der Waals surface area contributed by atoms with Gasteiger partial charge < -0.3 is 30.0 Å². The second kappa shape index (κ2) is 23.1. The van der Waals surface area contributed by atoms with Crippen molar-refractivity contribution in [2.24, 2.45) is 11.1 Å². The molecule has 0 radical (unpaired) electrons. The average molecular weight is 811 g/mol. The summed E-state index contributed by atoms with van der Waals surface area (Å²) in [7, 11) is 0. The van der Waals surface area contributed by atoms with Crippen molar-refractivity contribution in [3.05, 3.63) is 89.9 Å². The fraction of sp³-hybridized carbons (Fsp3) is 0.500. The second-order valence-corrected chi connectivity index (χ2v) is 15.9. The van der Waals surface area contributed by atoms with E-state index in [9.17, 15) is 23.6 Å². The first kappa shape index (κ1) is 45.3. The number of hydrogen-bond acceptors (Lipinski definition) is 9. The minimum Gasteiger partial charge on any atom is -0.377 e. The molecule has 4 rings (SSSR count). The van der Waals surface area contributed by atoms with E-state index in [2.05, 4.69) is 5.32 Å². The highest BCUT2D eigenvalue weighted by molar-refractivity contribution is 7.99. The van der Waals surface area contributed by atoms with Crippen LogP contribution in [-0.2, 0) is 35.2 Å². The third-order valence-electron chi connectivity index (χ3n) is 9.23. The summed E-state index contributed by atoms with van der Waals surface area (Å²) >= 11 is 1.55. The lowest BCUT2D eigenvalue weighted by molar-refractivity contribution is -0.138. The van der Waals surface area contributed by atoms with E-state index in [0.717, 1.165) is 53.7 Å². The van der Waals surface area contributed by atoms with Crippen LogP contribution in [0.3, 0.4) is 0 Å². The van der Waals surface area contributed by atoms with Crippen LogP contribution in [0.4, 0.5) is 8.78 Å². The smallest absolute Gasteiger partial charge is 0.253 e. The molecule has 2 aromatic carbocycles. The van der Waals surface area contributed by atoms with Crippen LogP contribution in [-0.4, -0.2) is 107 Å². The number of carbonyl (C=O) groups is 4. The van der Waals surface area contributed by atoms with E-state index < -0.39 is 23.1 Å². The maximum atomic E-state index is 15.0. The van der Waals surface area contributed by atoms with E-state index in [1.807, 2.05) is 60.6 Å². The van der Waals surface area contributed by atoms with Gasteiger partial charge in [0.2, 0.25) is 11.8 Å². The maximum absolute atomic E-state index is 15.0. The van der Waals surface area contributed by atoms with E-state index >= 15 is 4.39 Å². The van der Waals surface area contributed by atoms with Crippen molar-refractivity contribution in [3.8, 4) is 11.3 Å². The van der Waals surface area contributed by atoms with Gasteiger partial charge in [0.15, 0.2) is 0 Å². The van der Waals surface area contributed by atoms with Crippen molar-refractivity contribution >= 4 is 35.4 Å². The molecule has 0 spiro atoms. The summed E-state index contributed by atoms with van der Waals surface area (Å²) in [6, 6.07) is 12.6. The molecule has 1 aliphatic rings. The number of ether oxygens (including phenoxy) is 2. The molecule has 12 nitrogen and oxygen atoms in total. The van der Waals surface area contributed by atoms with Gasteiger partial charge >= 0.3 is 0 Å². The van der Waals surface area contributed by atoms with Gasteiger partial charge in [-0.25, -0.2) is 13.8 Å². The summed E-state index contributed by atoms with van der Waals surface area (Å²) in [5, 5.41) is 2.85. The number of aromatic nitrogens is 2. The molecule has 1 atom stereocenters. The predicted octanol–water partition coefficient (Wildman–Crippen LogP) is 5.51. The topological polar surface area (TPSA) is 149 Å². The minimum absolute atomic E-state index is 0.0519. The quantitative estimate of drug-likeness (QED) is 0.0835. The van der Waals surface area contributed by atoms with Crippen LogP contribution in [0.1, 0.15) is 70.3 Å². The lowest BCUT2D eigenvalue weighted by Gasteiger charge is -2.40. The zero-order chi connectivity index (χ0) is 41.2. The molecule has 1 aliphatic heterocycles. The fourth-order valence-corrected chi connectivity index (χ4v) is 7.31. The van der Waals surface area contributed by atoms with Crippen molar-refractivity contribution in [1.82, 2.24) is 24.7 Å². The monoisotopic (exact) mass is 810 g/mol. The molecule has 0 saturated heterocycles. The molecule has 1 aromatic heterocycles. The highest BCUT2D eigenvalue weighted by atomic mass is 32.2. The zero-order valence-corrected chi connectivity index (χ0v) is 34.0. The molecule has 0 saturated carbocycles. The van der Waals surface area contributed by atoms with E-state index in [-0.39, 0.29) is 48.1 Å². The Balaban J connectivity index is 1.23. The second-order valence-electron chi connectivity index (χ2n) is 14.8. The van der Waals surface area contributed by atoms with Gasteiger partial charge in [-0.15, -0.1) is 0 Å². The Morgan fingerprint density at radius 2 is 1.67 bits per heavy atom. The number of imide groups is 1. The number of carbonyl (C=O) groups excluding carboxylic acids is 4. The first-order valence-electron chi connectivity index (χ1n) is 19.5. The van der Waals surface area contributed by atoms with Crippen molar-refractivity contribution in [2.45, 2.75) is 65.5 Å². The Kier molecular flexibility index (Phi) is 18.3. The van der Waals surface area contributed by atoms with Gasteiger partial charge in [0.25, 0.3) is 11.8 Å². The molecule has 4 amide bonds. The van der Waals surface area contributed by atoms with E-state index in [1.165, 1.54) is 12.2 Å². The van der Waals surface area contributed by atoms with E-state index in [4.69, 9.17) is 20.2 Å². The standard InChI is InChI=1S/C42H56F2N6O6S/c1-42(2,3)40(41-47-35(33-27-32(43)14-15-34(33)44)29-48(41)28-31-11-6-4-7-12-31)50(20-10-18-45)39(54)30-57-26-9-5-8-13-36(51)46-19-22-55-24-25-56-23-21-49-37(52)16-17-38(49)53/h4,6-7,11-12,14-17,27,29,40H,5,8-10,13,18-26,28,30,45H2,1-3H3,(H,46,51)/t40-/m0/s1.